The minimum absolute atomic E-state index is 0.0694. The van der Waals surface area contributed by atoms with E-state index in [1.165, 1.54) is 12.1 Å². The molecule has 20 heavy (non-hydrogen) atoms. The van der Waals surface area contributed by atoms with Crippen LogP contribution in [0, 0.1) is 17.5 Å². The number of halogens is 5. The summed E-state index contributed by atoms with van der Waals surface area (Å²) in [6.07, 6.45) is 0. The third-order valence-electron chi connectivity index (χ3n) is 2.45. The van der Waals surface area contributed by atoms with E-state index < -0.39 is 23.4 Å². The molecule has 1 amide bonds. The van der Waals surface area contributed by atoms with Crippen molar-refractivity contribution in [3.63, 3.8) is 0 Å². The van der Waals surface area contributed by atoms with E-state index in [0.29, 0.717) is 0 Å². The van der Waals surface area contributed by atoms with Gasteiger partial charge in [0, 0.05) is 10.5 Å². The van der Waals surface area contributed by atoms with Gasteiger partial charge in [0.05, 0.1) is 15.7 Å². The Morgan fingerprint density at radius 3 is 2.30 bits per heavy atom. The van der Waals surface area contributed by atoms with Crippen LogP contribution in [-0.4, -0.2) is 5.91 Å². The SMILES string of the molecule is O=C(Nc1cc(F)c(Br)cc1F)c1c(F)cccc1Br. The van der Waals surface area contributed by atoms with Gasteiger partial charge in [0.2, 0.25) is 0 Å². The van der Waals surface area contributed by atoms with Crippen LogP contribution in [0.3, 0.4) is 0 Å². The molecule has 2 aromatic carbocycles. The van der Waals surface area contributed by atoms with Crippen molar-refractivity contribution in [2.24, 2.45) is 0 Å². The fourth-order valence-corrected chi connectivity index (χ4v) is 2.36. The van der Waals surface area contributed by atoms with E-state index in [1.54, 1.807) is 0 Å². The van der Waals surface area contributed by atoms with Crippen LogP contribution in [0.4, 0.5) is 18.9 Å². The average molecular weight is 409 g/mol. The Kier molecular flexibility index (Phi) is 4.49. The van der Waals surface area contributed by atoms with Crippen LogP contribution in [0.2, 0.25) is 0 Å². The summed E-state index contributed by atoms with van der Waals surface area (Å²) in [5.74, 6) is -3.22. The Labute approximate surface area is 129 Å². The fraction of sp³-hybridized carbons (Fsp3) is 0. The van der Waals surface area contributed by atoms with Crippen molar-refractivity contribution in [1.82, 2.24) is 0 Å². The molecule has 0 heterocycles. The van der Waals surface area contributed by atoms with Crippen molar-refractivity contribution in [3.05, 3.63) is 62.3 Å². The van der Waals surface area contributed by atoms with Crippen molar-refractivity contribution < 1.29 is 18.0 Å². The molecule has 0 unspecified atom stereocenters. The molecule has 104 valence electrons. The van der Waals surface area contributed by atoms with Crippen molar-refractivity contribution in [1.29, 1.82) is 0 Å². The molecule has 2 nitrogen and oxygen atoms in total. The maximum Gasteiger partial charge on any atom is 0.259 e. The lowest BCUT2D eigenvalue weighted by Crippen LogP contribution is -2.15. The topological polar surface area (TPSA) is 29.1 Å². The number of amides is 1. The Morgan fingerprint density at radius 2 is 1.65 bits per heavy atom. The largest absolute Gasteiger partial charge is 0.319 e. The van der Waals surface area contributed by atoms with Crippen LogP contribution < -0.4 is 5.32 Å². The van der Waals surface area contributed by atoms with E-state index >= 15 is 0 Å². The molecular formula is C13H6Br2F3NO. The molecule has 2 aromatic rings. The Hall–Kier alpha value is -1.34. The molecule has 0 saturated heterocycles. The number of hydrogen-bond donors (Lipinski definition) is 1. The second kappa shape index (κ2) is 5.97. The second-order valence-electron chi connectivity index (χ2n) is 3.80. The molecule has 0 atom stereocenters. The highest BCUT2D eigenvalue weighted by molar-refractivity contribution is 9.10. The van der Waals surface area contributed by atoms with Gasteiger partial charge in [0.15, 0.2) is 0 Å². The number of carbonyl (C=O) groups excluding carboxylic acids is 1. The lowest BCUT2D eigenvalue weighted by Gasteiger charge is -2.09. The lowest BCUT2D eigenvalue weighted by molar-refractivity contribution is 0.102. The summed E-state index contributed by atoms with van der Waals surface area (Å²) in [5, 5.41) is 2.13. The molecule has 0 spiro atoms. The summed E-state index contributed by atoms with van der Waals surface area (Å²) in [5.41, 5.74) is -0.652. The fourth-order valence-electron chi connectivity index (χ4n) is 1.52. The van der Waals surface area contributed by atoms with Crippen LogP contribution >= 0.6 is 31.9 Å². The second-order valence-corrected chi connectivity index (χ2v) is 5.51. The van der Waals surface area contributed by atoms with Crippen molar-refractivity contribution >= 4 is 43.5 Å². The first-order valence-electron chi connectivity index (χ1n) is 5.30. The number of rotatable bonds is 2. The molecule has 0 fully saturated rings. The van der Waals surface area contributed by atoms with Crippen molar-refractivity contribution in [3.8, 4) is 0 Å². The molecule has 0 aliphatic carbocycles. The summed E-state index contributed by atoms with van der Waals surface area (Å²) in [4.78, 5) is 11.9. The number of nitrogens with one attached hydrogen (secondary N) is 1. The molecule has 0 bridgehead atoms. The molecule has 0 radical (unpaired) electrons. The Balaban J connectivity index is 2.35. The zero-order valence-electron chi connectivity index (χ0n) is 9.68. The third-order valence-corrected chi connectivity index (χ3v) is 3.72. The summed E-state index contributed by atoms with van der Waals surface area (Å²) in [6.45, 7) is 0. The normalized spacial score (nSPS) is 10.4. The van der Waals surface area contributed by atoms with E-state index in [9.17, 15) is 18.0 Å². The molecule has 7 heteroatoms. The van der Waals surface area contributed by atoms with E-state index in [0.717, 1.165) is 18.2 Å². The van der Waals surface area contributed by atoms with Gasteiger partial charge in [-0.2, -0.15) is 0 Å². The number of benzene rings is 2. The minimum atomic E-state index is -0.879. The zero-order chi connectivity index (χ0) is 14.9. The van der Waals surface area contributed by atoms with Crippen LogP contribution in [0.5, 0.6) is 0 Å². The molecule has 1 N–H and O–H groups in total. The predicted octanol–water partition coefficient (Wildman–Crippen LogP) is 4.88. The van der Waals surface area contributed by atoms with Crippen LogP contribution in [-0.2, 0) is 0 Å². The quantitative estimate of drug-likeness (QED) is 0.705. The highest BCUT2D eigenvalue weighted by atomic mass is 79.9. The van der Waals surface area contributed by atoms with Crippen molar-refractivity contribution in [2.45, 2.75) is 0 Å². The molecule has 0 aliphatic heterocycles. The van der Waals surface area contributed by atoms with Gasteiger partial charge in [-0.1, -0.05) is 6.07 Å². The van der Waals surface area contributed by atoms with Gasteiger partial charge < -0.3 is 5.32 Å². The monoisotopic (exact) mass is 407 g/mol. The smallest absolute Gasteiger partial charge is 0.259 e. The highest BCUT2D eigenvalue weighted by Crippen LogP contribution is 2.25. The summed E-state index contributed by atoms with van der Waals surface area (Å²) in [7, 11) is 0. The maximum absolute atomic E-state index is 13.6. The van der Waals surface area contributed by atoms with E-state index in [-0.39, 0.29) is 20.2 Å². The first-order valence-corrected chi connectivity index (χ1v) is 6.88. The van der Waals surface area contributed by atoms with Gasteiger partial charge in [0.1, 0.15) is 17.5 Å². The van der Waals surface area contributed by atoms with E-state index in [1.807, 2.05) is 0 Å². The van der Waals surface area contributed by atoms with Gasteiger partial charge in [-0.25, -0.2) is 13.2 Å². The lowest BCUT2D eigenvalue weighted by atomic mass is 10.2. The first-order chi connectivity index (χ1) is 9.40. The van der Waals surface area contributed by atoms with Crippen molar-refractivity contribution in [2.75, 3.05) is 5.32 Å². The zero-order valence-corrected chi connectivity index (χ0v) is 12.9. The van der Waals surface area contributed by atoms with Gasteiger partial charge >= 0.3 is 0 Å². The minimum Gasteiger partial charge on any atom is -0.319 e. The van der Waals surface area contributed by atoms with E-state index in [2.05, 4.69) is 37.2 Å². The summed E-state index contributed by atoms with van der Waals surface area (Å²) >= 11 is 5.85. The Bertz CT molecular complexity index is 671. The van der Waals surface area contributed by atoms with E-state index in [4.69, 9.17) is 0 Å². The van der Waals surface area contributed by atoms with Gasteiger partial charge in [-0.15, -0.1) is 0 Å². The molecular weight excluding hydrogens is 403 g/mol. The summed E-state index contributed by atoms with van der Waals surface area (Å²) in [6, 6.07) is 5.66. The van der Waals surface area contributed by atoms with Crippen LogP contribution in [0.15, 0.2) is 39.3 Å². The van der Waals surface area contributed by atoms with Crippen LogP contribution in [0.25, 0.3) is 0 Å². The molecule has 0 saturated carbocycles. The molecule has 2 rings (SSSR count). The van der Waals surface area contributed by atoms with Gasteiger partial charge in [0.25, 0.3) is 5.91 Å². The standard InChI is InChI=1S/C13H6Br2F3NO/c14-6-2-1-3-8(16)12(6)13(20)19-11-5-9(17)7(15)4-10(11)18/h1-5H,(H,19,20). The summed E-state index contributed by atoms with van der Waals surface area (Å²) < 4.78 is 40.6. The predicted molar refractivity (Wildman–Crippen MR) is 76.1 cm³/mol. The van der Waals surface area contributed by atoms with Gasteiger partial charge in [-0.3, -0.25) is 4.79 Å². The maximum atomic E-state index is 13.6. The number of anilines is 1. The first kappa shape index (κ1) is 15.1. The molecule has 0 aliphatic rings. The third kappa shape index (κ3) is 3.04. The highest BCUT2D eigenvalue weighted by Gasteiger charge is 2.18. The van der Waals surface area contributed by atoms with Crippen LogP contribution in [0.1, 0.15) is 10.4 Å². The Morgan fingerprint density at radius 1 is 0.950 bits per heavy atom. The average Bonchev–Trinajstić information content (AvgIpc) is 2.35. The number of carbonyl (C=O) groups is 1. The number of hydrogen-bond acceptors (Lipinski definition) is 1. The van der Waals surface area contributed by atoms with Gasteiger partial charge in [-0.05, 0) is 50.1 Å². The molecule has 0 aromatic heterocycles.